The van der Waals surface area contributed by atoms with Crippen molar-refractivity contribution in [3.63, 3.8) is 0 Å². The van der Waals surface area contributed by atoms with E-state index in [0.29, 0.717) is 13.1 Å². The third-order valence-electron chi connectivity index (χ3n) is 4.45. The van der Waals surface area contributed by atoms with Crippen molar-refractivity contribution in [1.82, 2.24) is 19.8 Å². The van der Waals surface area contributed by atoms with Crippen LogP contribution in [0.3, 0.4) is 0 Å². The second kappa shape index (κ2) is 7.48. The fraction of sp³-hybridized carbons (Fsp3) is 0.389. The van der Waals surface area contributed by atoms with Gasteiger partial charge in [0.25, 0.3) is 5.56 Å². The number of carbonyl (C=O) groups excluding carboxylic acids is 1. The molecule has 2 N–H and O–H groups in total. The number of aromatic amines is 2. The molecule has 1 aliphatic heterocycles. The van der Waals surface area contributed by atoms with Gasteiger partial charge in [0.15, 0.2) is 0 Å². The summed E-state index contributed by atoms with van der Waals surface area (Å²) < 4.78 is 0. The van der Waals surface area contributed by atoms with E-state index in [1.54, 1.807) is 4.90 Å². The van der Waals surface area contributed by atoms with E-state index in [1.165, 1.54) is 17.3 Å². The van der Waals surface area contributed by atoms with Crippen LogP contribution in [0, 0.1) is 6.92 Å². The zero-order valence-corrected chi connectivity index (χ0v) is 14.2. The first-order valence-corrected chi connectivity index (χ1v) is 8.38. The van der Waals surface area contributed by atoms with E-state index >= 15 is 0 Å². The topological polar surface area (TPSA) is 89.3 Å². The van der Waals surface area contributed by atoms with E-state index in [0.717, 1.165) is 19.6 Å². The van der Waals surface area contributed by atoms with Gasteiger partial charge in [0.05, 0.1) is 6.42 Å². The van der Waals surface area contributed by atoms with Crippen LogP contribution in [0.4, 0.5) is 0 Å². The maximum atomic E-state index is 12.4. The highest BCUT2D eigenvalue weighted by Gasteiger charge is 2.22. The van der Waals surface area contributed by atoms with Crippen molar-refractivity contribution in [1.29, 1.82) is 0 Å². The van der Waals surface area contributed by atoms with Crippen molar-refractivity contribution in [3.8, 4) is 0 Å². The van der Waals surface area contributed by atoms with Gasteiger partial charge in [-0.3, -0.25) is 19.5 Å². The molecule has 0 unspecified atom stereocenters. The van der Waals surface area contributed by atoms with E-state index in [-0.39, 0.29) is 17.9 Å². The molecular weight excluding hydrogens is 320 g/mol. The maximum Gasteiger partial charge on any atom is 0.325 e. The van der Waals surface area contributed by atoms with Crippen LogP contribution in [0.15, 0.2) is 40.1 Å². The van der Waals surface area contributed by atoms with Gasteiger partial charge in [-0.15, -0.1) is 0 Å². The normalized spacial score (nSPS) is 15.3. The van der Waals surface area contributed by atoms with Gasteiger partial charge in [-0.25, -0.2) is 4.79 Å². The first-order chi connectivity index (χ1) is 12.0. The summed E-state index contributed by atoms with van der Waals surface area (Å²) in [7, 11) is 0. The minimum absolute atomic E-state index is 0.00396. The zero-order valence-electron chi connectivity index (χ0n) is 14.2. The molecule has 3 rings (SSSR count). The number of nitrogens with zero attached hydrogens (tertiary/aromatic N) is 2. The molecule has 1 fully saturated rings. The standard InChI is InChI=1S/C18H22N4O3/c1-13-3-2-4-14(9-13)12-21-5-7-22(8-6-21)16(23)10-15-11-19-18(25)20-17(15)24/h2-4,9,11H,5-8,10,12H2,1H3,(H2,19,20,24,25). The van der Waals surface area contributed by atoms with Crippen molar-refractivity contribution in [2.24, 2.45) is 0 Å². The Morgan fingerprint density at radius 2 is 1.92 bits per heavy atom. The molecule has 1 saturated heterocycles. The van der Waals surface area contributed by atoms with Crippen LogP contribution in [0.5, 0.6) is 0 Å². The van der Waals surface area contributed by atoms with Crippen LogP contribution < -0.4 is 11.2 Å². The minimum Gasteiger partial charge on any atom is -0.340 e. The molecule has 2 heterocycles. The number of H-pyrrole nitrogens is 2. The van der Waals surface area contributed by atoms with E-state index in [4.69, 9.17) is 0 Å². The summed E-state index contributed by atoms with van der Waals surface area (Å²) >= 11 is 0. The predicted octanol–water partition coefficient (Wildman–Crippen LogP) is 0.259. The van der Waals surface area contributed by atoms with Crippen LogP contribution in [0.1, 0.15) is 16.7 Å². The Kier molecular flexibility index (Phi) is 5.14. The molecular formula is C18H22N4O3. The average Bonchev–Trinajstić information content (AvgIpc) is 2.58. The summed E-state index contributed by atoms with van der Waals surface area (Å²) in [5.74, 6) is -0.0900. The molecule has 0 atom stereocenters. The van der Waals surface area contributed by atoms with Crippen LogP contribution in [-0.4, -0.2) is 51.9 Å². The minimum atomic E-state index is -0.564. The van der Waals surface area contributed by atoms with Crippen LogP contribution >= 0.6 is 0 Å². The first-order valence-electron chi connectivity index (χ1n) is 8.38. The average molecular weight is 342 g/mol. The van der Waals surface area contributed by atoms with Gasteiger partial charge < -0.3 is 9.88 Å². The van der Waals surface area contributed by atoms with E-state index in [1.807, 2.05) is 0 Å². The maximum absolute atomic E-state index is 12.4. The van der Waals surface area contributed by atoms with Crippen LogP contribution in [0.25, 0.3) is 0 Å². The molecule has 2 aromatic rings. The lowest BCUT2D eigenvalue weighted by Gasteiger charge is -2.34. The van der Waals surface area contributed by atoms with Gasteiger partial charge in [0, 0.05) is 44.5 Å². The summed E-state index contributed by atoms with van der Waals surface area (Å²) in [6, 6.07) is 8.44. The first kappa shape index (κ1) is 17.2. The fourth-order valence-electron chi connectivity index (χ4n) is 3.07. The zero-order chi connectivity index (χ0) is 17.8. The Bertz CT molecular complexity index is 863. The fourth-order valence-corrected chi connectivity index (χ4v) is 3.07. The van der Waals surface area contributed by atoms with Crippen molar-refractivity contribution in [3.05, 3.63) is 68.0 Å². The molecule has 1 amide bonds. The molecule has 25 heavy (non-hydrogen) atoms. The molecule has 0 aliphatic carbocycles. The molecule has 0 radical (unpaired) electrons. The summed E-state index contributed by atoms with van der Waals surface area (Å²) in [6.45, 7) is 5.86. The molecule has 1 aromatic heterocycles. The number of benzene rings is 1. The Labute approximate surface area is 145 Å². The summed E-state index contributed by atoms with van der Waals surface area (Å²) in [5, 5.41) is 0. The second-order valence-electron chi connectivity index (χ2n) is 6.42. The molecule has 132 valence electrons. The molecule has 7 nitrogen and oxygen atoms in total. The Morgan fingerprint density at radius 3 is 2.60 bits per heavy atom. The molecule has 0 spiro atoms. The molecule has 1 aromatic carbocycles. The van der Waals surface area contributed by atoms with Gasteiger partial charge in [0.2, 0.25) is 5.91 Å². The van der Waals surface area contributed by atoms with E-state index in [9.17, 15) is 14.4 Å². The van der Waals surface area contributed by atoms with E-state index in [2.05, 4.69) is 46.1 Å². The largest absolute Gasteiger partial charge is 0.340 e. The number of piperazine rings is 1. The predicted molar refractivity (Wildman–Crippen MR) is 94.4 cm³/mol. The van der Waals surface area contributed by atoms with Crippen LogP contribution in [-0.2, 0) is 17.8 Å². The van der Waals surface area contributed by atoms with E-state index < -0.39 is 11.2 Å². The third-order valence-corrected chi connectivity index (χ3v) is 4.45. The van der Waals surface area contributed by atoms with Gasteiger partial charge in [-0.05, 0) is 12.5 Å². The van der Waals surface area contributed by atoms with Crippen molar-refractivity contribution in [2.45, 2.75) is 19.9 Å². The summed E-state index contributed by atoms with van der Waals surface area (Å²) in [4.78, 5) is 43.7. The number of aromatic nitrogens is 2. The highest BCUT2D eigenvalue weighted by atomic mass is 16.2. The van der Waals surface area contributed by atoms with Crippen LogP contribution in [0.2, 0.25) is 0 Å². The molecule has 1 aliphatic rings. The number of rotatable bonds is 4. The lowest BCUT2D eigenvalue weighted by atomic mass is 10.1. The number of nitrogens with one attached hydrogen (secondary N) is 2. The highest BCUT2D eigenvalue weighted by Crippen LogP contribution is 2.11. The summed E-state index contributed by atoms with van der Waals surface area (Å²) in [5.41, 5.74) is 1.74. The van der Waals surface area contributed by atoms with Crippen molar-refractivity contribution >= 4 is 5.91 Å². The molecule has 0 bridgehead atoms. The van der Waals surface area contributed by atoms with Crippen molar-refractivity contribution < 1.29 is 4.79 Å². The number of hydrogen-bond acceptors (Lipinski definition) is 4. The van der Waals surface area contributed by atoms with Crippen molar-refractivity contribution in [2.75, 3.05) is 26.2 Å². The highest BCUT2D eigenvalue weighted by molar-refractivity contribution is 5.78. The van der Waals surface area contributed by atoms with Gasteiger partial charge >= 0.3 is 5.69 Å². The Hall–Kier alpha value is -2.67. The second-order valence-corrected chi connectivity index (χ2v) is 6.42. The SMILES string of the molecule is Cc1cccc(CN2CCN(C(=O)Cc3c[nH]c(=O)[nH]c3=O)CC2)c1. The smallest absolute Gasteiger partial charge is 0.325 e. The quantitative estimate of drug-likeness (QED) is 0.834. The molecule has 0 saturated carbocycles. The van der Waals surface area contributed by atoms with Gasteiger partial charge in [-0.1, -0.05) is 29.8 Å². The molecule has 7 heteroatoms. The van der Waals surface area contributed by atoms with Gasteiger partial charge in [-0.2, -0.15) is 0 Å². The Balaban J connectivity index is 1.54. The number of hydrogen-bond donors (Lipinski definition) is 2. The lowest BCUT2D eigenvalue weighted by Crippen LogP contribution is -2.49. The number of carbonyl (C=O) groups is 1. The summed E-state index contributed by atoms with van der Waals surface area (Å²) in [6.07, 6.45) is 1.32. The van der Waals surface area contributed by atoms with Gasteiger partial charge in [0.1, 0.15) is 0 Å². The number of aryl methyl sites for hydroxylation is 1. The third kappa shape index (κ3) is 4.45. The monoisotopic (exact) mass is 342 g/mol. The number of amides is 1. The lowest BCUT2D eigenvalue weighted by molar-refractivity contribution is -0.132. The Morgan fingerprint density at radius 1 is 1.16 bits per heavy atom.